The van der Waals surface area contributed by atoms with Crippen LogP contribution in [0.2, 0.25) is 0 Å². The van der Waals surface area contributed by atoms with Gasteiger partial charge in [-0.15, -0.1) is 0 Å². The van der Waals surface area contributed by atoms with Gasteiger partial charge >= 0.3 is 5.97 Å². The molecule has 100 valence electrons. The lowest BCUT2D eigenvalue weighted by molar-refractivity contribution is -0.138. The molecular formula is C13H17BrO4. The van der Waals surface area contributed by atoms with Crippen molar-refractivity contribution in [1.82, 2.24) is 0 Å². The summed E-state index contributed by atoms with van der Waals surface area (Å²) >= 11 is 3.33. The molecule has 1 aromatic rings. The molecule has 0 fully saturated rings. The summed E-state index contributed by atoms with van der Waals surface area (Å²) in [5.74, 6) is -0.507. The Morgan fingerprint density at radius 1 is 1.50 bits per heavy atom. The molecular weight excluding hydrogens is 300 g/mol. The van der Waals surface area contributed by atoms with Gasteiger partial charge in [-0.25, -0.2) is 0 Å². The molecule has 0 aliphatic carbocycles. The van der Waals surface area contributed by atoms with E-state index in [9.17, 15) is 9.90 Å². The third kappa shape index (κ3) is 2.77. The van der Waals surface area contributed by atoms with Crippen LogP contribution in [0.25, 0.3) is 0 Å². The minimum Gasteiger partial charge on any atom is -0.503 e. The van der Waals surface area contributed by atoms with Crippen LogP contribution < -0.4 is 4.74 Å². The summed E-state index contributed by atoms with van der Waals surface area (Å²) in [6, 6.07) is 1.71. The third-order valence-electron chi connectivity index (χ3n) is 2.89. The average Bonchev–Trinajstić information content (AvgIpc) is 2.21. The van der Waals surface area contributed by atoms with Crippen molar-refractivity contribution in [1.29, 1.82) is 0 Å². The van der Waals surface area contributed by atoms with Crippen molar-refractivity contribution in [2.75, 3.05) is 7.11 Å². The molecule has 1 rings (SSSR count). The monoisotopic (exact) mass is 316 g/mol. The fourth-order valence-electron chi connectivity index (χ4n) is 2.19. The second-order valence-electron chi connectivity index (χ2n) is 4.89. The Labute approximate surface area is 115 Å². The van der Waals surface area contributed by atoms with E-state index in [1.165, 1.54) is 7.11 Å². The van der Waals surface area contributed by atoms with Crippen molar-refractivity contribution in [2.45, 2.75) is 32.6 Å². The van der Waals surface area contributed by atoms with Gasteiger partial charge in [-0.1, -0.05) is 13.8 Å². The Kier molecular flexibility index (Phi) is 4.27. The van der Waals surface area contributed by atoms with Gasteiger partial charge in [0.1, 0.15) is 0 Å². The standard InChI is InChI=1S/C13H17BrO4/c1-7-5-8(18-4)12(17)11(14)10(7)13(2,3)6-9(15)16/h5,17H,6H2,1-4H3,(H,15,16). The number of rotatable bonds is 4. The molecule has 5 heteroatoms. The first-order chi connectivity index (χ1) is 8.20. The molecule has 0 radical (unpaired) electrons. The van der Waals surface area contributed by atoms with E-state index >= 15 is 0 Å². The van der Waals surface area contributed by atoms with Crippen LogP contribution >= 0.6 is 15.9 Å². The maximum Gasteiger partial charge on any atom is 0.304 e. The predicted molar refractivity (Wildman–Crippen MR) is 72.4 cm³/mol. The van der Waals surface area contributed by atoms with Crippen LogP contribution in [0, 0.1) is 6.92 Å². The second-order valence-corrected chi connectivity index (χ2v) is 5.68. The Hall–Kier alpha value is -1.23. The minimum atomic E-state index is -0.874. The van der Waals surface area contributed by atoms with Crippen molar-refractivity contribution in [3.8, 4) is 11.5 Å². The number of aryl methyl sites for hydroxylation is 1. The summed E-state index contributed by atoms with van der Waals surface area (Å²) in [4.78, 5) is 10.9. The van der Waals surface area contributed by atoms with E-state index in [4.69, 9.17) is 9.84 Å². The molecule has 0 saturated heterocycles. The number of halogens is 1. The van der Waals surface area contributed by atoms with Crippen LogP contribution in [-0.4, -0.2) is 23.3 Å². The smallest absolute Gasteiger partial charge is 0.304 e. The number of methoxy groups -OCH3 is 1. The summed E-state index contributed by atoms with van der Waals surface area (Å²) in [6.45, 7) is 5.53. The molecule has 0 atom stereocenters. The van der Waals surface area contributed by atoms with Gasteiger partial charge in [0.15, 0.2) is 11.5 Å². The molecule has 4 nitrogen and oxygen atoms in total. The van der Waals surface area contributed by atoms with E-state index in [1.807, 2.05) is 20.8 Å². The van der Waals surface area contributed by atoms with E-state index in [1.54, 1.807) is 6.07 Å². The Morgan fingerprint density at radius 3 is 2.50 bits per heavy atom. The molecule has 0 aromatic heterocycles. The topological polar surface area (TPSA) is 66.8 Å². The molecule has 2 N–H and O–H groups in total. The molecule has 0 aliphatic rings. The number of carboxylic acids is 1. The molecule has 0 unspecified atom stereocenters. The van der Waals surface area contributed by atoms with Crippen LogP contribution in [-0.2, 0) is 10.2 Å². The maximum absolute atomic E-state index is 10.9. The van der Waals surface area contributed by atoms with Crippen LogP contribution in [0.3, 0.4) is 0 Å². The molecule has 18 heavy (non-hydrogen) atoms. The van der Waals surface area contributed by atoms with Gasteiger partial charge < -0.3 is 14.9 Å². The molecule has 0 heterocycles. The Bertz CT molecular complexity index is 480. The zero-order chi connectivity index (χ0) is 14.1. The Morgan fingerprint density at radius 2 is 2.06 bits per heavy atom. The Balaban J connectivity index is 3.42. The second kappa shape index (κ2) is 5.18. The van der Waals surface area contributed by atoms with Gasteiger partial charge in [0.05, 0.1) is 18.0 Å². The van der Waals surface area contributed by atoms with Gasteiger partial charge in [-0.3, -0.25) is 4.79 Å². The SMILES string of the molecule is COc1cc(C)c(C(C)(C)CC(=O)O)c(Br)c1O. The van der Waals surface area contributed by atoms with E-state index in [-0.39, 0.29) is 12.2 Å². The highest BCUT2D eigenvalue weighted by Gasteiger charge is 2.30. The number of carbonyl (C=O) groups is 1. The minimum absolute atomic E-state index is 0.00318. The van der Waals surface area contributed by atoms with E-state index < -0.39 is 11.4 Å². The fraction of sp³-hybridized carbons (Fsp3) is 0.462. The molecule has 0 bridgehead atoms. The molecule has 0 amide bonds. The van der Waals surface area contributed by atoms with Gasteiger partial charge in [0, 0.05) is 5.41 Å². The van der Waals surface area contributed by atoms with Gasteiger partial charge in [0.25, 0.3) is 0 Å². The lowest BCUT2D eigenvalue weighted by Crippen LogP contribution is -2.23. The van der Waals surface area contributed by atoms with Crippen molar-refractivity contribution in [3.05, 3.63) is 21.7 Å². The third-order valence-corrected chi connectivity index (χ3v) is 3.66. The summed E-state index contributed by atoms with van der Waals surface area (Å²) < 4.78 is 5.55. The van der Waals surface area contributed by atoms with Crippen LogP contribution in [0.15, 0.2) is 10.5 Å². The normalized spacial score (nSPS) is 11.4. The fourth-order valence-corrected chi connectivity index (χ4v) is 3.23. The van der Waals surface area contributed by atoms with Crippen LogP contribution in [0.1, 0.15) is 31.4 Å². The first kappa shape index (κ1) is 14.8. The number of phenolic OH excluding ortho intramolecular Hbond substituents is 1. The summed E-state index contributed by atoms with van der Waals surface area (Å²) in [5, 5.41) is 18.9. The van der Waals surface area contributed by atoms with Crippen molar-refractivity contribution in [3.63, 3.8) is 0 Å². The van der Waals surface area contributed by atoms with Crippen molar-refractivity contribution in [2.24, 2.45) is 0 Å². The number of hydrogen-bond acceptors (Lipinski definition) is 3. The lowest BCUT2D eigenvalue weighted by atomic mass is 9.79. The van der Waals surface area contributed by atoms with Gasteiger partial charge in [0.2, 0.25) is 0 Å². The molecule has 0 aliphatic heterocycles. The largest absolute Gasteiger partial charge is 0.503 e. The first-order valence-electron chi connectivity index (χ1n) is 5.49. The molecule has 0 saturated carbocycles. The quantitative estimate of drug-likeness (QED) is 0.895. The summed E-state index contributed by atoms with van der Waals surface area (Å²) in [5.41, 5.74) is 1.07. The maximum atomic E-state index is 10.9. The van der Waals surface area contributed by atoms with Crippen molar-refractivity contribution < 1.29 is 19.7 Å². The number of aliphatic carboxylic acids is 1. The van der Waals surface area contributed by atoms with Crippen molar-refractivity contribution >= 4 is 21.9 Å². The van der Waals surface area contributed by atoms with Crippen LogP contribution in [0.5, 0.6) is 11.5 Å². The van der Waals surface area contributed by atoms with E-state index in [2.05, 4.69) is 15.9 Å². The number of aromatic hydroxyl groups is 1. The molecule has 1 aromatic carbocycles. The number of carboxylic acid groups (broad SMARTS) is 1. The summed E-state index contributed by atoms with van der Waals surface area (Å²) in [6.07, 6.45) is -0.0157. The van der Waals surface area contributed by atoms with E-state index in [0.29, 0.717) is 10.2 Å². The predicted octanol–water partition coefficient (Wildman–Crippen LogP) is 3.22. The zero-order valence-corrected chi connectivity index (χ0v) is 12.5. The highest BCUT2D eigenvalue weighted by atomic mass is 79.9. The van der Waals surface area contributed by atoms with Gasteiger partial charge in [-0.2, -0.15) is 0 Å². The lowest BCUT2D eigenvalue weighted by Gasteiger charge is -2.27. The van der Waals surface area contributed by atoms with Crippen LogP contribution in [0.4, 0.5) is 0 Å². The average molecular weight is 317 g/mol. The number of phenols is 1. The number of hydrogen-bond donors (Lipinski definition) is 2. The highest BCUT2D eigenvalue weighted by molar-refractivity contribution is 9.10. The van der Waals surface area contributed by atoms with E-state index in [0.717, 1.165) is 11.1 Å². The highest BCUT2D eigenvalue weighted by Crippen LogP contribution is 2.44. The van der Waals surface area contributed by atoms with Gasteiger partial charge in [-0.05, 0) is 40.0 Å². The number of benzene rings is 1. The zero-order valence-electron chi connectivity index (χ0n) is 10.9. The summed E-state index contributed by atoms with van der Waals surface area (Å²) in [7, 11) is 1.48. The number of ether oxygens (including phenoxy) is 1. The first-order valence-corrected chi connectivity index (χ1v) is 6.28. The molecule has 0 spiro atoms.